The summed E-state index contributed by atoms with van der Waals surface area (Å²) in [5.41, 5.74) is 2.89. The summed E-state index contributed by atoms with van der Waals surface area (Å²) in [4.78, 5) is 54.2. The summed E-state index contributed by atoms with van der Waals surface area (Å²) < 4.78 is 27.8. The van der Waals surface area contributed by atoms with Crippen LogP contribution in [0.15, 0.2) is 120 Å². The molecule has 1 aliphatic rings. The van der Waals surface area contributed by atoms with Crippen molar-refractivity contribution >= 4 is 23.9 Å². The molecule has 4 aromatic carbocycles. The quantitative estimate of drug-likeness (QED) is 0.123. The fourth-order valence-electron chi connectivity index (χ4n) is 5.79. The summed E-state index contributed by atoms with van der Waals surface area (Å²) in [6, 6.07) is 26.8. The van der Waals surface area contributed by atoms with Gasteiger partial charge in [0.25, 0.3) is 0 Å². The molecule has 0 atom stereocenters. The molecule has 0 saturated heterocycles. The topological polar surface area (TPSA) is 147 Å². The third-order valence-corrected chi connectivity index (χ3v) is 8.20. The van der Waals surface area contributed by atoms with Crippen molar-refractivity contribution in [2.75, 3.05) is 14.2 Å². The van der Waals surface area contributed by atoms with Gasteiger partial charge in [0.1, 0.15) is 35.8 Å². The Morgan fingerprint density at radius 1 is 0.627 bits per heavy atom. The van der Waals surface area contributed by atoms with E-state index in [1.165, 1.54) is 50.6 Å². The number of allylic oxidation sites excluding steroid dienone is 2. The largest absolute Gasteiger partial charge is 0.508 e. The van der Waals surface area contributed by atoms with Crippen molar-refractivity contribution in [3.05, 3.63) is 147 Å². The summed E-state index contributed by atoms with van der Waals surface area (Å²) in [7, 11) is 2.47. The average Bonchev–Trinajstić information content (AvgIpc) is 3.14. The predicted molar refractivity (Wildman–Crippen MR) is 186 cm³/mol. The lowest BCUT2D eigenvalue weighted by molar-refractivity contribution is -0.137. The SMILES string of the molecule is COC(=O)C1=C(C)NC(C)=C(C(=O)OC)C1Cc1cc(C(=O)OCc2ccccc2)c(Oc2ccc(O)cc2)c(C(=O)OCc2ccccc2)c1. The number of methoxy groups -OCH3 is 2. The highest BCUT2D eigenvalue weighted by molar-refractivity contribution is 6.01. The van der Waals surface area contributed by atoms with Crippen LogP contribution in [0.5, 0.6) is 17.2 Å². The lowest BCUT2D eigenvalue weighted by atomic mass is 9.80. The van der Waals surface area contributed by atoms with Crippen LogP contribution in [0.3, 0.4) is 0 Å². The lowest BCUT2D eigenvalue weighted by Crippen LogP contribution is -2.34. The van der Waals surface area contributed by atoms with Gasteiger partial charge in [-0.1, -0.05) is 60.7 Å². The van der Waals surface area contributed by atoms with Crippen molar-refractivity contribution in [1.29, 1.82) is 0 Å². The number of phenols is 1. The monoisotopic (exact) mass is 691 g/mol. The van der Waals surface area contributed by atoms with E-state index in [1.807, 2.05) is 36.4 Å². The van der Waals surface area contributed by atoms with Crippen LogP contribution in [-0.4, -0.2) is 43.2 Å². The first-order chi connectivity index (χ1) is 24.6. The molecule has 0 fully saturated rings. The zero-order chi connectivity index (χ0) is 36.5. The number of phenolic OH excluding ortho intramolecular Hbond substituents is 1. The Balaban J connectivity index is 1.65. The Bertz CT molecular complexity index is 1870. The van der Waals surface area contributed by atoms with Crippen LogP contribution >= 0.6 is 0 Å². The molecule has 0 aliphatic carbocycles. The summed E-state index contributed by atoms with van der Waals surface area (Å²) >= 11 is 0. The maximum atomic E-state index is 14.0. The molecule has 5 rings (SSSR count). The molecule has 1 heterocycles. The molecule has 0 aromatic heterocycles. The van der Waals surface area contributed by atoms with Crippen LogP contribution < -0.4 is 10.1 Å². The van der Waals surface area contributed by atoms with Crippen LogP contribution in [0.2, 0.25) is 0 Å². The van der Waals surface area contributed by atoms with E-state index in [1.54, 1.807) is 38.1 Å². The van der Waals surface area contributed by atoms with Crippen LogP contribution in [-0.2, 0) is 48.2 Å². The van der Waals surface area contributed by atoms with E-state index in [9.17, 15) is 24.3 Å². The highest BCUT2D eigenvalue weighted by Crippen LogP contribution is 2.38. The number of nitrogens with one attached hydrogen (secondary N) is 1. The lowest BCUT2D eigenvalue weighted by Gasteiger charge is -2.30. The molecular formula is C40H37NO10. The smallest absolute Gasteiger partial charge is 0.342 e. The zero-order valence-electron chi connectivity index (χ0n) is 28.6. The molecular weight excluding hydrogens is 654 g/mol. The van der Waals surface area contributed by atoms with E-state index in [2.05, 4.69) is 5.32 Å². The number of hydrogen-bond acceptors (Lipinski definition) is 11. The van der Waals surface area contributed by atoms with E-state index in [0.717, 1.165) is 11.1 Å². The number of carbonyl (C=O) groups is 4. The maximum Gasteiger partial charge on any atom is 0.342 e. The molecule has 11 nitrogen and oxygen atoms in total. The molecule has 0 saturated carbocycles. The maximum absolute atomic E-state index is 14.0. The minimum Gasteiger partial charge on any atom is -0.508 e. The van der Waals surface area contributed by atoms with Crippen molar-refractivity contribution < 1.29 is 48.0 Å². The molecule has 262 valence electrons. The standard InChI is InChI=1S/C40H37NO10/c1-24-34(39(45)47-3)31(35(25(2)41-24)40(46)48-4)19-28-20-32(37(43)49-22-26-11-7-5-8-12-26)36(51-30-17-15-29(42)16-18-30)33(21-28)38(44)50-23-27-13-9-6-10-14-27/h5-18,20-21,31,41-42H,19,22-23H2,1-4H3. The molecule has 1 aliphatic heterocycles. The molecule has 0 unspecified atom stereocenters. The number of esters is 4. The zero-order valence-corrected chi connectivity index (χ0v) is 28.6. The molecule has 0 bridgehead atoms. The Hall–Kier alpha value is -6.36. The number of aromatic hydroxyl groups is 1. The van der Waals surface area contributed by atoms with Crippen LogP contribution in [0, 0.1) is 5.92 Å². The van der Waals surface area contributed by atoms with Crippen LogP contribution in [0.25, 0.3) is 0 Å². The van der Waals surface area contributed by atoms with Gasteiger partial charge in [-0.25, -0.2) is 19.2 Å². The summed E-state index contributed by atoms with van der Waals surface area (Å²) in [5, 5.41) is 12.9. The van der Waals surface area contributed by atoms with Crippen molar-refractivity contribution in [2.45, 2.75) is 33.5 Å². The van der Waals surface area contributed by atoms with Gasteiger partial charge in [-0.15, -0.1) is 0 Å². The van der Waals surface area contributed by atoms with Gasteiger partial charge in [0.05, 0.1) is 25.4 Å². The second-order valence-corrected chi connectivity index (χ2v) is 11.7. The minimum atomic E-state index is -0.892. The second-order valence-electron chi connectivity index (χ2n) is 11.7. The van der Waals surface area contributed by atoms with Crippen molar-refractivity contribution in [1.82, 2.24) is 5.32 Å². The van der Waals surface area contributed by atoms with Gasteiger partial charge < -0.3 is 34.1 Å². The molecule has 0 radical (unpaired) electrons. The Kier molecular flexibility index (Phi) is 11.5. The normalized spacial score (nSPS) is 12.9. The fourth-order valence-corrected chi connectivity index (χ4v) is 5.79. The summed E-state index contributed by atoms with van der Waals surface area (Å²) in [6.07, 6.45) is -0.0390. The molecule has 4 aromatic rings. The Morgan fingerprint density at radius 2 is 1.08 bits per heavy atom. The van der Waals surface area contributed by atoms with Gasteiger partial charge in [-0.05, 0) is 73.4 Å². The van der Waals surface area contributed by atoms with Gasteiger partial charge in [-0.3, -0.25) is 0 Å². The van der Waals surface area contributed by atoms with E-state index < -0.39 is 29.8 Å². The Labute approximate surface area is 295 Å². The number of hydrogen-bond donors (Lipinski definition) is 2. The van der Waals surface area contributed by atoms with Gasteiger partial charge in [0, 0.05) is 17.3 Å². The van der Waals surface area contributed by atoms with Crippen molar-refractivity contribution in [3.63, 3.8) is 0 Å². The third-order valence-electron chi connectivity index (χ3n) is 8.20. The summed E-state index contributed by atoms with van der Waals surface area (Å²) in [6.45, 7) is 3.22. The predicted octanol–water partition coefficient (Wildman–Crippen LogP) is 6.55. The van der Waals surface area contributed by atoms with Gasteiger partial charge in [-0.2, -0.15) is 0 Å². The van der Waals surface area contributed by atoms with E-state index >= 15 is 0 Å². The number of rotatable bonds is 12. The van der Waals surface area contributed by atoms with Crippen molar-refractivity contribution in [2.24, 2.45) is 5.92 Å². The van der Waals surface area contributed by atoms with Crippen LogP contribution in [0.1, 0.15) is 51.3 Å². The Morgan fingerprint density at radius 3 is 1.51 bits per heavy atom. The average molecular weight is 692 g/mol. The summed E-state index contributed by atoms with van der Waals surface area (Å²) in [5.74, 6) is -3.80. The highest BCUT2D eigenvalue weighted by atomic mass is 16.5. The number of carbonyl (C=O) groups excluding carboxylic acids is 4. The highest BCUT2D eigenvalue weighted by Gasteiger charge is 2.37. The molecule has 0 amide bonds. The van der Waals surface area contributed by atoms with Gasteiger partial charge in [0.2, 0.25) is 0 Å². The minimum absolute atomic E-state index is 0.0147. The van der Waals surface area contributed by atoms with E-state index in [-0.39, 0.29) is 59.2 Å². The molecule has 11 heteroatoms. The molecule has 0 spiro atoms. The van der Waals surface area contributed by atoms with Gasteiger partial charge in [0.15, 0.2) is 5.75 Å². The van der Waals surface area contributed by atoms with Gasteiger partial charge >= 0.3 is 23.9 Å². The van der Waals surface area contributed by atoms with E-state index in [4.69, 9.17) is 23.7 Å². The fraction of sp³-hybridized carbons (Fsp3) is 0.200. The number of dihydropyridines is 1. The third kappa shape index (κ3) is 8.63. The molecule has 2 N–H and O–H groups in total. The number of ether oxygens (including phenoxy) is 5. The first-order valence-corrected chi connectivity index (χ1v) is 16.0. The first-order valence-electron chi connectivity index (χ1n) is 16.0. The number of benzene rings is 4. The van der Waals surface area contributed by atoms with Crippen LogP contribution in [0.4, 0.5) is 0 Å². The molecule has 51 heavy (non-hydrogen) atoms. The van der Waals surface area contributed by atoms with E-state index in [0.29, 0.717) is 17.0 Å². The second kappa shape index (κ2) is 16.4. The first kappa shape index (κ1) is 35.9. The van der Waals surface area contributed by atoms with Crippen molar-refractivity contribution in [3.8, 4) is 17.2 Å².